The van der Waals surface area contributed by atoms with E-state index in [-0.39, 0.29) is 0 Å². The summed E-state index contributed by atoms with van der Waals surface area (Å²) in [6.07, 6.45) is 17.9. The molecule has 2 aliphatic rings. The summed E-state index contributed by atoms with van der Waals surface area (Å²) in [4.78, 5) is 41.9. The molecule has 8 nitrogen and oxygen atoms in total. The van der Waals surface area contributed by atoms with Crippen LogP contribution >= 0.6 is 7.26 Å². The molecule has 172 valence electrons. The fourth-order valence-corrected chi connectivity index (χ4v) is 8.80. The minimum Gasteiger partial charge on any atom is -0.576 e. The highest BCUT2D eigenvalue weighted by Gasteiger charge is 2.60. The predicted molar refractivity (Wildman–Crippen MR) is 116 cm³/mol. The molecule has 0 aliphatic carbocycles. The van der Waals surface area contributed by atoms with Crippen LogP contribution < -0.4 is 0 Å². The lowest BCUT2D eigenvalue weighted by atomic mass is 10.1. The summed E-state index contributed by atoms with van der Waals surface area (Å²) in [5.41, 5.74) is 0. The van der Waals surface area contributed by atoms with Gasteiger partial charge in [-0.3, -0.25) is 0 Å². The summed E-state index contributed by atoms with van der Waals surface area (Å²) < 4.78 is 16.5. The average Bonchev–Trinajstić information content (AvgIpc) is 3.15. The van der Waals surface area contributed by atoms with Crippen LogP contribution in [0.1, 0.15) is 79.1 Å². The van der Waals surface area contributed by atoms with Crippen molar-refractivity contribution >= 4 is 38.1 Å². The summed E-state index contributed by atoms with van der Waals surface area (Å²) in [6.45, 7) is 6.12. The molecule has 2 fully saturated rings. The van der Waals surface area contributed by atoms with Crippen molar-refractivity contribution in [2.75, 3.05) is 24.6 Å². The van der Waals surface area contributed by atoms with Gasteiger partial charge in [-0.1, -0.05) is 53.4 Å². The first kappa shape index (κ1) is 26.4. The van der Waals surface area contributed by atoms with Gasteiger partial charge in [-0.05, 0) is 25.7 Å². The van der Waals surface area contributed by atoms with Crippen molar-refractivity contribution < 1.29 is 37.8 Å². The quantitative estimate of drug-likeness (QED) is 0.253. The van der Waals surface area contributed by atoms with E-state index in [0.717, 1.165) is 0 Å². The van der Waals surface area contributed by atoms with Crippen molar-refractivity contribution in [1.82, 2.24) is 0 Å². The van der Waals surface area contributed by atoms with E-state index in [2.05, 4.69) is 46.3 Å². The van der Waals surface area contributed by atoms with Gasteiger partial charge in [0.05, 0.1) is 24.6 Å². The Morgan fingerprint density at radius 2 is 0.767 bits per heavy atom. The largest absolute Gasteiger partial charge is 0.786 e. The summed E-state index contributed by atoms with van der Waals surface area (Å²) >= 11 is 0. The van der Waals surface area contributed by atoms with Gasteiger partial charge in [-0.15, -0.1) is 0 Å². The fourth-order valence-electron chi connectivity index (χ4n) is 3.51. The molecular formula is C20H36BO8P. The van der Waals surface area contributed by atoms with Crippen molar-refractivity contribution in [2.45, 2.75) is 79.1 Å². The van der Waals surface area contributed by atoms with Crippen LogP contribution in [0, 0.1) is 0 Å². The first-order chi connectivity index (χ1) is 14.3. The molecule has 0 amide bonds. The van der Waals surface area contributed by atoms with Crippen LogP contribution in [-0.4, -0.2) is 55.5 Å². The van der Waals surface area contributed by atoms with E-state index in [4.69, 9.17) is 0 Å². The molecule has 0 aromatic carbocycles. The Morgan fingerprint density at radius 3 is 0.967 bits per heavy atom. The zero-order valence-electron chi connectivity index (χ0n) is 18.8. The molecule has 30 heavy (non-hydrogen) atoms. The van der Waals surface area contributed by atoms with Gasteiger partial charge >= 0.3 is 30.8 Å². The smallest absolute Gasteiger partial charge is 0.576 e. The molecule has 0 atom stereocenters. The second kappa shape index (κ2) is 12.9. The monoisotopic (exact) mass is 446 g/mol. The number of hydrogen-bond donors (Lipinski definition) is 0. The van der Waals surface area contributed by atoms with Gasteiger partial charge in [0.2, 0.25) is 0 Å². The maximum absolute atomic E-state index is 10.5. The SMILES string of the molecule is CCCC[P+](CCCC)(CCCC)CCCC.O=C1O[B-]2(OC1=O)OC(=O)C(=O)O2. The van der Waals surface area contributed by atoms with Crippen molar-refractivity contribution in [3.05, 3.63) is 0 Å². The number of hydrogen-bond acceptors (Lipinski definition) is 8. The molecular weight excluding hydrogens is 410 g/mol. The average molecular weight is 446 g/mol. The van der Waals surface area contributed by atoms with Crippen LogP contribution in [0.4, 0.5) is 0 Å². The molecule has 2 aliphatic heterocycles. The highest BCUT2D eigenvalue weighted by atomic mass is 31.2. The maximum Gasteiger partial charge on any atom is 0.786 e. The second-order valence-electron chi connectivity index (χ2n) is 7.85. The van der Waals surface area contributed by atoms with E-state index < -0.39 is 38.1 Å². The zero-order valence-corrected chi connectivity index (χ0v) is 19.7. The highest BCUT2D eigenvalue weighted by Crippen LogP contribution is 2.61. The molecule has 0 saturated carbocycles. The van der Waals surface area contributed by atoms with Crippen LogP contribution in [0.15, 0.2) is 0 Å². The van der Waals surface area contributed by atoms with E-state index in [1.807, 2.05) is 0 Å². The first-order valence-electron chi connectivity index (χ1n) is 11.2. The Hall–Kier alpha value is -1.63. The van der Waals surface area contributed by atoms with Gasteiger partial charge in [0, 0.05) is 7.26 Å². The molecule has 0 aromatic rings. The van der Waals surface area contributed by atoms with Crippen LogP contribution in [-0.2, 0) is 37.8 Å². The van der Waals surface area contributed by atoms with Crippen LogP contribution in [0.5, 0.6) is 0 Å². The normalized spacial score (nSPS) is 17.2. The third-order valence-electron chi connectivity index (χ3n) is 5.28. The molecule has 0 unspecified atom stereocenters. The second-order valence-corrected chi connectivity index (χ2v) is 12.3. The lowest BCUT2D eigenvalue weighted by molar-refractivity contribution is -0.150. The minimum atomic E-state index is -3.30. The first-order valence-corrected chi connectivity index (χ1v) is 13.7. The van der Waals surface area contributed by atoms with Crippen molar-refractivity contribution in [1.29, 1.82) is 0 Å². The Bertz CT molecular complexity index is 503. The summed E-state index contributed by atoms with van der Waals surface area (Å²) in [7, 11) is -0.562. The molecule has 0 N–H and O–H groups in total. The van der Waals surface area contributed by atoms with Crippen LogP contribution in [0.3, 0.4) is 0 Å². The Morgan fingerprint density at radius 1 is 0.533 bits per heavy atom. The standard InChI is InChI=1S/C16H36P.C4BO8/c1-5-9-13-17(14-10-6-2,15-11-7-3)16-12-8-4;6-1-2(7)11-5(10-1)12-3(8)4(9)13-5/h5-16H2,1-4H3;/q+1;-1. The Labute approximate surface area is 180 Å². The topological polar surface area (TPSA) is 105 Å². The van der Waals surface area contributed by atoms with Crippen molar-refractivity contribution in [3.8, 4) is 0 Å². The molecule has 10 heteroatoms. The number of carbonyl (C=O) groups is 4. The van der Waals surface area contributed by atoms with Crippen LogP contribution in [0.25, 0.3) is 0 Å². The number of carbonyl (C=O) groups excluding carboxylic acids is 4. The lowest BCUT2D eigenvalue weighted by Crippen LogP contribution is -2.40. The van der Waals surface area contributed by atoms with E-state index in [0.29, 0.717) is 0 Å². The molecule has 2 heterocycles. The van der Waals surface area contributed by atoms with Gasteiger partial charge in [-0.2, -0.15) is 0 Å². The van der Waals surface area contributed by atoms with Crippen LogP contribution in [0.2, 0.25) is 0 Å². The van der Waals surface area contributed by atoms with Gasteiger partial charge in [-0.25, -0.2) is 19.2 Å². The third kappa shape index (κ3) is 7.90. The number of unbranched alkanes of at least 4 members (excludes halogenated alkanes) is 4. The Balaban J connectivity index is 0.000000308. The molecule has 0 aromatic heterocycles. The fraction of sp³-hybridized carbons (Fsp3) is 0.800. The third-order valence-corrected chi connectivity index (χ3v) is 10.3. The van der Waals surface area contributed by atoms with Gasteiger partial charge in [0.1, 0.15) is 0 Å². The van der Waals surface area contributed by atoms with Gasteiger partial charge in [0.25, 0.3) is 0 Å². The van der Waals surface area contributed by atoms with Crippen molar-refractivity contribution in [2.24, 2.45) is 0 Å². The molecule has 2 rings (SSSR count). The van der Waals surface area contributed by atoms with E-state index in [9.17, 15) is 19.2 Å². The minimum absolute atomic E-state index is 0.562. The predicted octanol–water partition coefficient (Wildman–Crippen LogP) is 3.83. The molecule has 2 saturated heterocycles. The zero-order chi connectivity index (χ0) is 22.6. The summed E-state index contributed by atoms with van der Waals surface area (Å²) in [6, 6.07) is 0. The lowest BCUT2D eigenvalue weighted by Gasteiger charge is -2.28. The van der Waals surface area contributed by atoms with Gasteiger partial charge in [0.15, 0.2) is 0 Å². The van der Waals surface area contributed by atoms with E-state index in [1.54, 1.807) is 24.6 Å². The highest BCUT2D eigenvalue weighted by molar-refractivity contribution is 7.75. The number of rotatable bonds is 12. The maximum atomic E-state index is 10.5. The van der Waals surface area contributed by atoms with E-state index in [1.165, 1.54) is 51.4 Å². The molecule has 0 bridgehead atoms. The van der Waals surface area contributed by atoms with Gasteiger partial charge < -0.3 is 18.6 Å². The van der Waals surface area contributed by atoms with Crippen molar-refractivity contribution in [3.63, 3.8) is 0 Å². The summed E-state index contributed by atoms with van der Waals surface area (Å²) in [5.74, 6) is -5.49. The molecule has 1 spiro atoms. The molecule has 0 radical (unpaired) electrons. The van der Waals surface area contributed by atoms with E-state index >= 15 is 0 Å². The summed E-state index contributed by atoms with van der Waals surface area (Å²) in [5, 5.41) is 0. The Kier molecular flexibility index (Phi) is 11.4.